The Morgan fingerprint density at radius 1 is 1.40 bits per heavy atom. The lowest BCUT2D eigenvalue weighted by atomic mass is 10.1. The van der Waals surface area contributed by atoms with Gasteiger partial charge in [-0.2, -0.15) is 0 Å². The molecule has 0 aromatic rings. The predicted octanol–water partition coefficient (Wildman–Crippen LogP) is 1.01. The second kappa shape index (κ2) is 3.83. The zero-order valence-corrected chi connectivity index (χ0v) is 8.90. The van der Waals surface area contributed by atoms with Crippen molar-refractivity contribution in [1.82, 2.24) is 5.32 Å². The van der Waals surface area contributed by atoms with Crippen LogP contribution in [0.4, 0.5) is 0 Å². The van der Waals surface area contributed by atoms with E-state index in [9.17, 15) is 9.59 Å². The van der Waals surface area contributed by atoms with Crippen molar-refractivity contribution in [3.05, 3.63) is 0 Å². The molecule has 4 nitrogen and oxygen atoms in total. The van der Waals surface area contributed by atoms with Crippen LogP contribution >= 0.6 is 0 Å². The Balaban J connectivity index is 1.76. The van der Waals surface area contributed by atoms with Crippen LogP contribution in [0.5, 0.6) is 0 Å². The zero-order valence-electron chi connectivity index (χ0n) is 8.90. The standard InChI is InChI=1S/C11H17NO3/c1-6(5-9(13)14)12-11(15)10-7-3-2-4-8(7)10/h6-8,10H,2-5H2,1H3,(H,12,15)(H,13,14). The molecule has 0 radical (unpaired) electrons. The van der Waals surface area contributed by atoms with Gasteiger partial charge in [0.1, 0.15) is 0 Å². The molecular weight excluding hydrogens is 194 g/mol. The van der Waals surface area contributed by atoms with E-state index < -0.39 is 5.97 Å². The van der Waals surface area contributed by atoms with Crippen LogP contribution < -0.4 is 5.32 Å². The average molecular weight is 211 g/mol. The number of carbonyl (C=O) groups excluding carboxylic acids is 1. The lowest BCUT2D eigenvalue weighted by Gasteiger charge is -2.12. The first-order valence-electron chi connectivity index (χ1n) is 5.61. The van der Waals surface area contributed by atoms with Crippen molar-refractivity contribution in [3.63, 3.8) is 0 Å². The molecule has 2 aliphatic rings. The number of hydrogen-bond donors (Lipinski definition) is 2. The summed E-state index contributed by atoms with van der Waals surface area (Å²) in [6.07, 6.45) is 3.61. The maximum absolute atomic E-state index is 11.7. The minimum atomic E-state index is -0.862. The van der Waals surface area contributed by atoms with Crippen LogP contribution in [0.3, 0.4) is 0 Å². The Morgan fingerprint density at radius 3 is 2.53 bits per heavy atom. The Morgan fingerprint density at radius 2 is 2.00 bits per heavy atom. The third-order valence-corrected chi connectivity index (χ3v) is 3.58. The first kappa shape index (κ1) is 10.5. The SMILES string of the molecule is CC(CC(=O)O)NC(=O)C1C2CCCC21. The molecule has 15 heavy (non-hydrogen) atoms. The van der Waals surface area contributed by atoms with Gasteiger partial charge in [-0.15, -0.1) is 0 Å². The van der Waals surface area contributed by atoms with Gasteiger partial charge in [0.25, 0.3) is 0 Å². The van der Waals surface area contributed by atoms with E-state index in [0.717, 1.165) is 0 Å². The minimum absolute atomic E-state index is 0.00773. The van der Waals surface area contributed by atoms with Crippen LogP contribution in [0, 0.1) is 17.8 Å². The van der Waals surface area contributed by atoms with Crippen LogP contribution in [0.15, 0.2) is 0 Å². The van der Waals surface area contributed by atoms with Gasteiger partial charge in [0.15, 0.2) is 0 Å². The molecule has 2 rings (SSSR count). The van der Waals surface area contributed by atoms with Crippen LogP contribution in [0.1, 0.15) is 32.6 Å². The van der Waals surface area contributed by atoms with Gasteiger partial charge >= 0.3 is 5.97 Å². The summed E-state index contributed by atoms with van der Waals surface area (Å²) >= 11 is 0. The van der Waals surface area contributed by atoms with Crippen molar-refractivity contribution < 1.29 is 14.7 Å². The Hall–Kier alpha value is -1.06. The van der Waals surface area contributed by atoms with Crippen molar-refractivity contribution in [1.29, 1.82) is 0 Å². The summed E-state index contributed by atoms with van der Waals surface area (Å²) in [7, 11) is 0. The van der Waals surface area contributed by atoms with Gasteiger partial charge in [0, 0.05) is 12.0 Å². The van der Waals surface area contributed by atoms with Crippen LogP contribution in [-0.2, 0) is 9.59 Å². The van der Waals surface area contributed by atoms with Gasteiger partial charge in [-0.1, -0.05) is 6.42 Å². The normalized spacial score (nSPS) is 34.3. The van der Waals surface area contributed by atoms with E-state index in [0.29, 0.717) is 11.8 Å². The highest BCUT2D eigenvalue weighted by molar-refractivity contribution is 5.83. The molecule has 0 spiro atoms. The molecule has 0 aromatic carbocycles. The quantitative estimate of drug-likeness (QED) is 0.729. The lowest BCUT2D eigenvalue weighted by molar-refractivity contribution is -0.137. The maximum Gasteiger partial charge on any atom is 0.305 e. The van der Waals surface area contributed by atoms with E-state index in [1.165, 1.54) is 19.3 Å². The molecule has 3 unspecified atom stereocenters. The molecule has 84 valence electrons. The molecule has 3 atom stereocenters. The number of carboxylic acids is 1. The molecule has 0 aromatic heterocycles. The van der Waals surface area contributed by atoms with Gasteiger partial charge in [-0.3, -0.25) is 9.59 Å². The van der Waals surface area contributed by atoms with Crippen LogP contribution in [0.25, 0.3) is 0 Å². The molecule has 2 N–H and O–H groups in total. The Labute approximate surface area is 89.0 Å². The maximum atomic E-state index is 11.7. The van der Waals surface area contributed by atoms with E-state index >= 15 is 0 Å². The number of aliphatic carboxylic acids is 1. The average Bonchev–Trinajstić information content (AvgIpc) is 2.59. The first-order valence-corrected chi connectivity index (χ1v) is 5.61. The topological polar surface area (TPSA) is 66.4 Å². The molecule has 0 bridgehead atoms. The van der Waals surface area contributed by atoms with Crippen LogP contribution in [0.2, 0.25) is 0 Å². The fraction of sp³-hybridized carbons (Fsp3) is 0.818. The Bertz CT molecular complexity index is 280. The summed E-state index contributed by atoms with van der Waals surface area (Å²) in [6, 6.07) is -0.253. The van der Waals surface area contributed by atoms with E-state index in [1.54, 1.807) is 6.92 Å². The zero-order chi connectivity index (χ0) is 11.0. The summed E-state index contributed by atoms with van der Waals surface area (Å²) in [6.45, 7) is 1.74. The van der Waals surface area contributed by atoms with Gasteiger partial charge < -0.3 is 10.4 Å². The van der Waals surface area contributed by atoms with Crippen molar-refractivity contribution in [2.75, 3.05) is 0 Å². The van der Waals surface area contributed by atoms with Crippen LogP contribution in [-0.4, -0.2) is 23.0 Å². The molecule has 0 saturated heterocycles. The first-order chi connectivity index (χ1) is 7.09. The molecule has 0 aliphatic heterocycles. The highest BCUT2D eigenvalue weighted by Crippen LogP contribution is 2.57. The minimum Gasteiger partial charge on any atom is -0.481 e. The van der Waals surface area contributed by atoms with Gasteiger partial charge in [-0.05, 0) is 31.6 Å². The molecule has 4 heteroatoms. The molecule has 2 aliphatic carbocycles. The number of rotatable bonds is 4. The van der Waals surface area contributed by atoms with Gasteiger partial charge in [0.2, 0.25) is 5.91 Å². The fourth-order valence-electron chi connectivity index (χ4n) is 2.86. The molecule has 2 fully saturated rings. The number of carboxylic acid groups (broad SMARTS) is 1. The number of amides is 1. The number of nitrogens with one attached hydrogen (secondary N) is 1. The third kappa shape index (κ3) is 2.13. The Kier molecular flexibility index (Phi) is 2.67. The number of hydrogen-bond acceptors (Lipinski definition) is 2. The third-order valence-electron chi connectivity index (χ3n) is 3.58. The highest BCUT2D eigenvalue weighted by Gasteiger charge is 2.56. The summed E-state index contributed by atoms with van der Waals surface area (Å²) in [5, 5.41) is 11.3. The van der Waals surface area contributed by atoms with Crippen molar-refractivity contribution in [2.24, 2.45) is 17.8 Å². The number of carbonyl (C=O) groups is 2. The smallest absolute Gasteiger partial charge is 0.305 e. The van der Waals surface area contributed by atoms with Gasteiger partial charge in [-0.25, -0.2) is 0 Å². The lowest BCUT2D eigenvalue weighted by Crippen LogP contribution is -2.36. The number of fused-ring (bicyclic) bond motifs is 1. The highest BCUT2D eigenvalue weighted by atomic mass is 16.4. The largest absolute Gasteiger partial charge is 0.481 e. The molecule has 0 heterocycles. The van der Waals surface area contributed by atoms with E-state index in [1.807, 2.05) is 0 Å². The van der Waals surface area contributed by atoms with Crippen molar-refractivity contribution in [3.8, 4) is 0 Å². The second-order valence-corrected chi connectivity index (χ2v) is 4.79. The molecule has 2 saturated carbocycles. The van der Waals surface area contributed by atoms with E-state index in [4.69, 9.17) is 5.11 Å². The summed E-state index contributed by atoms with van der Waals surface area (Å²) in [4.78, 5) is 22.1. The van der Waals surface area contributed by atoms with Crippen molar-refractivity contribution >= 4 is 11.9 Å². The van der Waals surface area contributed by atoms with Crippen molar-refractivity contribution in [2.45, 2.75) is 38.6 Å². The summed E-state index contributed by atoms with van der Waals surface area (Å²) in [5.74, 6) is 0.594. The van der Waals surface area contributed by atoms with Gasteiger partial charge in [0.05, 0.1) is 6.42 Å². The molecular formula is C11H17NO3. The van der Waals surface area contributed by atoms with E-state index in [2.05, 4.69) is 5.32 Å². The summed E-state index contributed by atoms with van der Waals surface area (Å²) in [5.41, 5.74) is 0. The molecule has 1 amide bonds. The fourth-order valence-corrected chi connectivity index (χ4v) is 2.86. The monoisotopic (exact) mass is 211 g/mol. The summed E-state index contributed by atoms with van der Waals surface area (Å²) < 4.78 is 0. The van der Waals surface area contributed by atoms with E-state index in [-0.39, 0.29) is 24.3 Å². The second-order valence-electron chi connectivity index (χ2n) is 4.79. The predicted molar refractivity (Wildman–Crippen MR) is 54.2 cm³/mol.